The maximum Gasteiger partial charge on any atom is 0.416 e. The van der Waals surface area contributed by atoms with Crippen molar-refractivity contribution >= 4 is 0 Å². The van der Waals surface area contributed by atoms with Crippen LogP contribution in [0, 0.1) is 0 Å². The minimum absolute atomic E-state index is 0.199. The summed E-state index contributed by atoms with van der Waals surface area (Å²) in [7, 11) is 0. The molecule has 1 unspecified atom stereocenters. The monoisotopic (exact) mass is 216 g/mol. The van der Waals surface area contributed by atoms with Crippen LogP contribution in [0.2, 0.25) is 0 Å². The molecule has 0 bridgehead atoms. The SMILES string of the molecule is FC(F)(F)c1ccncc1C1CCCN1. The van der Waals surface area contributed by atoms with Gasteiger partial charge in [-0.1, -0.05) is 0 Å². The minimum atomic E-state index is -4.29. The largest absolute Gasteiger partial charge is 0.416 e. The van der Waals surface area contributed by atoms with Gasteiger partial charge in [0, 0.05) is 18.4 Å². The molecule has 2 nitrogen and oxygen atoms in total. The fourth-order valence-corrected chi connectivity index (χ4v) is 1.89. The van der Waals surface area contributed by atoms with Crippen molar-refractivity contribution in [2.45, 2.75) is 25.1 Å². The average Bonchev–Trinajstić information content (AvgIpc) is 2.69. The number of hydrogen-bond acceptors (Lipinski definition) is 2. The maximum atomic E-state index is 12.6. The Morgan fingerprint density at radius 3 is 2.80 bits per heavy atom. The highest BCUT2D eigenvalue weighted by atomic mass is 19.4. The van der Waals surface area contributed by atoms with E-state index in [-0.39, 0.29) is 11.6 Å². The summed E-state index contributed by atoms with van der Waals surface area (Å²) < 4.78 is 37.9. The zero-order valence-corrected chi connectivity index (χ0v) is 8.01. The third-order valence-electron chi connectivity index (χ3n) is 2.59. The Balaban J connectivity index is 2.37. The molecule has 2 rings (SSSR count). The molecular weight excluding hydrogens is 205 g/mol. The summed E-state index contributed by atoms with van der Waals surface area (Å²) in [5.74, 6) is 0. The number of halogens is 3. The molecule has 1 N–H and O–H groups in total. The Morgan fingerprint density at radius 1 is 1.40 bits per heavy atom. The Hall–Kier alpha value is -1.10. The summed E-state index contributed by atoms with van der Waals surface area (Å²) in [5.41, 5.74) is -0.306. The van der Waals surface area contributed by atoms with Crippen molar-refractivity contribution in [3.63, 3.8) is 0 Å². The van der Waals surface area contributed by atoms with Crippen LogP contribution in [-0.4, -0.2) is 11.5 Å². The quantitative estimate of drug-likeness (QED) is 0.780. The smallest absolute Gasteiger partial charge is 0.310 e. The summed E-state index contributed by atoms with van der Waals surface area (Å²) in [4.78, 5) is 3.76. The van der Waals surface area contributed by atoms with Crippen LogP contribution in [0.15, 0.2) is 18.5 Å². The van der Waals surface area contributed by atoms with Crippen molar-refractivity contribution in [3.05, 3.63) is 29.6 Å². The summed E-state index contributed by atoms with van der Waals surface area (Å²) in [6, 6.07) is 0.838. The van der Waals surface area contributed by atoms with Crippen molar-refractivity contribution in [2.75, 3.05) is 6.54 Å². The van der Waals surface area contributed by atoms with Crippen LogP contribution in [0.25, 0.3) is 0 Å². The molecule has 0 aliphatic carbocycles. The highest BCUT2D eigenvalue weighted by Crippen LogP contribution is 2.36. The van der Waals surface area contributed by atoms with E-state index >= 15 is 0 Å². The molecule has 0 amide bonds. The third-order valence-corrected chi connectivity index (χ3v) is 2.59. The minimum Gasteiger partial charge on any atom is -0.310 e. The van der Waals surface area contributed by atoms with Crippen LogP contribution in [0.1, 0.15) is 30.0 Å². The number of aromatic nitrogens is 1. The van der Waals surface area contributed by atoms with E-state index in [9.17, 15) is 13.2 Å². The van der Waals surface area contributed by atoms with Gasteiger partial charge in [-0.3, -0.25) is 4.98 Å². The molecule has 0 aromatic carbocycles. The fourth-order valence-electron chi connectivity index (χ4n) is 1.89. The van der Waals surface area contributed by atoms with Gasteiger partial charge in [-0.25, -0.2) is 0 Å². The van der Waals surface area contributed by atoms with E-state index in [4.69, 9.17) is 0 Å². The summed E-state index contributed by atoms with van der Waals surface area (Å²) in [5, 5.41) is 3.05. The molecule has 1 atom stereocenters. The lowest BCUT2D eigenvalue weighted by molar-refractivity contribution is -0.138. The number of pyridine rings is 1. The van der Waals surface area contributed by atoms with Gasteiger partial charge in [0.1, 0.15) is 0 Å². The van der Waals surface area contributed by atoms with E-state index in [0.29, 0.717) is 0 Å². The molecule has 0 radical (unpaired) electrons. The second-order valence-electron chi connectivity index (χ2n) is 3.61. The van der Waals surface area contributed by atoms with Crippen LogP contribution in [0.5, 0.6) is 0 Å². The lowest BCUT2D eigenvalue weighted by Gasteiger charge is -2.16. The number of rotatable bonds is 1. The first-order chi connectivity index (χ1) is 7.09. The van der Waals surface area contributed by atoms with Gasteiger partial charge in [0.15, 0.2) is 0 Å². The van der Waals surface area contributed by atoms with Crippen molar-refractivity contribution in [1.29, 1.82) is 0 Å². The summed E-state index contributed by atoms with van der Waals surface area (Å²) in [6.07, 6.45) is -0.138. The van der Waals surface area contributed by atoms with Crippen molar-refractivity contribution in [2.24, 2.45) is 0 Å². The lowest BCUT2D eigenvalue weighted by atomic mass is 10.0. The zero-order chi connectivity index (χ0) is 10.9. The number of hydrogen-bond donors (Lipinski definition) is 1. The van der Waals surface area contributed by atoms with Gasteiger partial charge < -0.3 is 5.32 Å². The van der Waals surface area contributed by atoms with Crippen molar-refractivity contribution in [1.82, 2.24) is 10.3 Å². The molecule has 1 aliphatic heterocycles. The fraction of sp³-hybridized carbons (Fsp3) is 0.500. The van der Waals surface area contributed by atoms with Crippen LogP contribution >= 0.6 is 0 Å². The van der Waals surface area contributed by atoms with Crippen LogP contribution in [0.3, 0.4) is 0 Å². The molecule has 1 aromatic heterocycles. The van der Waals surface area contributed by atoms with E-state index < -0.39 is 11.7 Å². The molecule has 82 valence electrons. The predicted molar refractivity (Wildman–Crippen MR) is 49.2 cm³/mol. The molecule has 1 saturated heterocycles. The first kappa shape index (κ1) is 10.4. The van der Waals surface area contributed by atoms with Gasteiger partial charge >= 0.3 is 6.18 Å². The first-order valence-electron chi connectivity index (χ1n) is 4.83. The number of nitrogens with zero attached hydrogens (tertiary/aromatic N) is 1. The van der Waals surface area contributed by atoms with Gasteiger partial charge in [-0.2, -0.15) is 13.2 Å². The van der Waals surface area contributed by atoms with E-state index in [0.717, 1.165) is 25.5 Å². The molecular formula is C10H11F3N2. The van der Waals surface area contributed by atoms with Crippen molar-refractivity contribution in [3.8, 4) is 0 Å². The molecule has 0 saturated carbocycles. The second kappa shape index (κ2) is 3.81. The van der Waals surface area contributed by atoms with Crippen LogP contribution < -0.4 is 5.32 Å². The summed E-state index contributed by atoms with van der Waals surface area (Å²) in [6.45, 7) is 0.775. The third kappa shape index (κ3) is 2.12. The van der Waals surface area contributed by atoms with Gasteiger partial charge in [0.25, 0.3) is 0 Å². The Bertz CT molecular complexity index is 343. The van der Waals surface area contributed by atoms with E-state index in [1.807, 2.05) is 0 Å². The topological polar surface area (TPSA) is 24.9 Å². The Morgan fingerprint density at radius 2 is 2.20 bits per heavy atom. The lowest BCUT2D eigenvalue weighted by Crippen LogP contribution is -2.18. The predicted octanol–water partition coefficient (Wildman–Crippen LogP) is 2.52. The van der Waals surface area contributed by atoms with Crippen molar-refractivity contribution < 1.29 is 13.2 Å². The molecule has 0 spiro atoms. The maximum absolute atomic E-state index is 12.6. The van der Waals surface area contributed by atoms with Gasteiger partial charge in [0.2, 0.25) is 0 Å². The first-order valence-corrected chi connectivity index (χ1v) is 4.83. The van der Waals surface area contributed by atoms with Gasteiger partial charge in [0.05, 0.1) is 5.56 Å². The molecule has 15 heavy (non-hydrogen) atoms. The van der Waals surface area contributed by atoms with Crippen LogP contribution in [-0.2, 0) is 6.18 Å². The number of alkyl halides is 3. The molecule has 1 fully saturated rings. The highest BCUT2D eigenvalue weighted by Gasteiger charge is 2.35. The number of nitrogens with one attached hydrogen (secondary N) is 1. The Kier molecular flexibility index (Phi) is 2.65. The van der Waals surface area contributed by atoms with E-state index in [1.54, 1.807) is 0 Å². The normalized spacial score (nSPS) is 21.9. The zero-order valence-electron chi connectivity index (χ0n) is 8.01. The standard InChI is InChI=1S/C10H11F3N2/c11-10(12,13)8-3-5-14-6-7(8)9-2-1-4-15-9/h3,5-6,9,15H,1-2,4H2. The highest BCUT2D eigenvalue weighted by molar-refractivity contribution is 5.29. The molecule has 5 heteroatoms. The van der Waals surface area contributed by atoms with E-state index in [1.165, 1.54) is 12.4 Å². The van der Waals surface area contributed by atoms with E-state index in [2.05, 4.69) is 10.3 Å². The average molecular weight is 216 g/mol. The molecule has 2 heterocycles. The van der Waals surface area contributed by atoms with Crippen LogP contribution in [0.4, 0.5) is 13.2 Å². The Labute approximate surface area is 85.5 Å². The van der Waals surface area contributed by atoms with Gasteiger partial charge in [-0.05, 0) is 31.0 Å². The summed E-state index contributed by atoms with van der Waals surface area (Å²) >= 11 is 0. The molecule has 1 aromatic rings. The molecule has 1 aliphatic rings. The second-order valence-corrected chi connectivity index (χ2v) is 3.61. The van der Waals surface area contributed by atoms with Gasteiger partial charge in [-0.15, -0.1) is 0 Å².